The standard InChI is InChI=1S/C16H16FNO4S/c1-11(12-6-7-14-15(10-12)22-9-8-21-14)18-23(19,20)16-5-3-2-4-13(16)17/h2-7,10-11,18H,8-9H2,1H3. The highest BCUT2D eigenvalue weighted by Crippen LogP contribution is 2.33. The summed E-state index contributed by atoms with van der Waals surface area (Å²) in [7, 11) is -3.96. The smallest absolute Gasteiger partial charge is 0.244 e. The number of rotatable bonds is 4. The highest BCUT2D eigenvalue weighted by Gasteiger charge is 2.22. The van der Waals surface area contributed by atoms with Crippen molar-refractivity contribution in [2.45, 2.75) is 17.9 Å². The van der Waals surface area contributed by atoms with Gasteiger partial charge in [-0.2, -0.15) is 0 Å². The van der Waals surface area contributed by atoms with E-state index in [2.05, 4.69) is 4.72 Å². The minimum atomic E-state index is -3.96. The highest BCUT2D eigenvalue weighted by molar-refractivity contribution is 7.89. The first kappa shape index (κ1) is 15.8. The summed E-state index contributed by atoms with van der Waals surface area (Å²) in [5.41, 5.74) is 0.703. The van der Waals surface area contributed by atoms with Crippen molar-refractivity contribution in [1.82, 2.24) is 4.72 Å². The molecule has 0 spiro atoms. The number of sulfonamides is 1. The molecule has 3 rings (SSSR count). The first-order chi connectivity index (χ1) is 11.0. The third kappa shape index (κ3) is 3.30. The molecule has 1 atom stereocenters. The van der Waals surface area contributed by atoms with Gasteiger partial charge >= 0.3 is 0 Å². The van der Waals surface area contributed by atoms with Crippen LogP contribution in [-0.2, 0) is 10.0 Å². The Labute approximate surface area is 134 Å². The van der Waals surface area contributed by atoms with E-state index in [-0.39, 0.29) is 4.90 Å². The molecule has 0 amide bonds. The number of hydrogen-bond donors (Lipinski definition) is 1. The fraction of sp³-hybridized carbons (Fsp3) is 0.250. The summed E-state index contributed by atoms with van der Waals surface area (Å²) in [5.74, 6) is 0.421. The topological polar surface area (TPSA) is 64.6 Å². The van der Waals surface area contributed by atoms with Gasteiger partial charge in [0.15, 0.2) is 11.5 Å². The van der Waals surface area contributed by atoms with Crippen LogP contribution in [-0.4, -0.2) is 21.6 Å². The Hall–Kier alpha value is -2.12. The summed E-state index contributed by atoms with van der Waals surface area (Å²) >= 11 is 0. The van der Waals surface area contributed by atoms with Gasteiger partial charge in [-0.05, 0) is 36.8 Å². The van der Waals surface area contributed by atoms with Gasteiger partial charge in [0.2, 0.25) is 10.0 Å². The van der Waals surface area contributed by atoms with Gasteiger partial charge in [-0.3, -0.25) is 0 Å². The van der Waals surface area contributed by atoms with Crippen molar-refractivity contribution in [2.75, 3.05) is 13.2 Å². The van der Waals surface area contributed by atoms with E-state index in [4.69, 9.17) is 9.47 Å². The molecule has 1 heterocycles. The molecule has 1 N–H and O–H groups in total. The van der Waals surface area contributed by atoms with E-state index in [0.29, 0.717) is 30.3 Å². The van der Waals surface area contributed by atoms with E-state index in [9.17, 15) is 12.8 Å². The van der Waals surface area contributed by atoms with Crippen molar-refractivity contribution in [1.29, 1.82) is 0 Å². The Balaban J connectivity index is 1.84. The fourth-order valence-electron chi connectivity index (χ4n) is 2.36. The lowest BCUT2D eigenvalue weighted by molar-refractivity contribution is 0.171. The van der Waals surface area contributed by atoms with E-state index in [1.807, 2.05) is 0 Å². The molecule has 0 radical (unpaired) electrons. The lowest BCUT2D eigenvalue weighted by Crippen LogP contribution is -2.27. The van der Waals surface area contributed by atoms with Crippen LogP contribution in [0.25, 0.3) is 0 Å². The van der Waals surface area contributed by atoms with Crippen molar-refractivity contribution < 1.29 is 22.3 Å². The van der Waals surface area contributed by atoms with Crippen LogP contribution in [0.1, 0.15) is 18.5 Å². The van der Waals surface area contributed by atoms with Crippen LogP contribution in [0.3, 0.4) is 0 Å². The van der Waals surface area contributed by atoms with Gasteiger partial charge in [-0.25, -0.2) is 17.5 Å². The molecule has 23 heavy (non-hydrogen) atoms. The second kappa shape index (κ2) is 6.17. The summed E-state index contributed by atoms with van der Waals surface area (Å²) in [6.07, 6.45) is 0. The molecule has 1 aliphatic rings. The second-order valence-corrected chi connectivity index (χ2v) is 6.86. The van der Waals surface area contributed by atoms with E-state index in [1.54, 1.807) is 25.1 Å². The van der Waals surface area contributed by atoms with Crippen LogP contribution >= 0.6 is 0 Å². The summed E-state index contributed by atoms with van der Waals surface area (Å²) in [6, 6.07) is 9.93. The Bertz CT molecular complexity index is 823. The lowest BCUT2D eigenvalue weighted by atomic mass is 10.1. The number of halogens is 1. The number of ether oxygens (including phenoxy) is 2. The molecule has 5 nitrogen and oxygen atoms in total. The third-order valence-corrected chi connectivity index (χ3v) is 5.10. The molecule has 0 aliphatic carbocycles. The van der Waals surface area contributed by atoms with Crippen molar-refractivity contribution in [3.8, 4) is 11.5 Å². The van der Waals surface area contributed by atoms with Gasteiger partial charge in [0, 0.05) is 6.04 Å². The number of fused-ring (bicyclic) bond motifs is 1. The van der Waals surface area contributed by atoms with Crippen LogP contribution in [0, 0.1) is 5.82 Å². The predicted octanol–water partition coefficient (Wildman–Crippen LogP) is 2.64. The SMILES string of the molecule is CC(NS(=O)(=O)c1ccccc1F)c1ccc2c(c1)OCCO2. The van der Waals surface area contributed by atoms with Gasteiger partial charge in [-0.15, -0.1) is 0 Å². The summed E-state index contributed by atoms with van der Waals surface area (Å²) < 4.78 is 51.7. The molecule has 0 saturated heterocycles. The van der Waals surface area contributed by atoms with E-state index in [0.717, 1.165) is 6.07 Å². The van der Waals surface area contributed by atoms with Crippen LogP contribution in [0.5, 0.6) is 11.5 Å². The third-order valence-electron chi connectivity index (χ3n) is 3.52. The number of benzene rings is 2. The first-order valence-corrected chi connectivity index (χ1v) is 8.62. The van der Waals surface area contributed by atoms with Crippen LogP contribution in [0.4, 0.5) is 4.39 Å². The van der Waals surface area contributed by atoms with E-state index < -0.39 is 21.9 Å². The fourth-order valence-corrected chi connectivity index (χ4v) is 3.67. The maximum Gasteiger partial charge on any atom is 0.244 e. The molecule has 122 valence electrons. The zero-order valence-electron chi connectivity index (χ0n) is 12.5. The molecule has 0 bridgehead atoms. The first-order valence-electron chi connectivity index (χ1n) is 7.14. The summed E-state index contributed by atoms with van der Waals surface area (Å²) in [5, 5.41) is 0. The zero-order chi connectivity index (χ0) is 16.4. The number of nitrogens with one attached hydrogen (secondary N) is 1. The van der Waals surface area contributed by atoms with Crippen LogP contribution in [0.2, 0.25) is 0 Å². The van der Waals surface area contributed by atoms with Gasteiger partial charge in [0.25, 0.3) is 0 Å². The Morgan fingerprint density at radius 2 is 1.78 bits per heavy atom. The van der Waals surface area contributed by atoms with Crippen molar-refractivity contribution in [2.24, 2.45) is 0 Å². The quantitative estimate of drug-likeness (QED) is 0.931. The maximum atomic E-state index is 13.7. The molecule has 7 heteroatoms. The molecule has 2 aromatic rings. The van der Waals surface area contributed by atoms with Crippen molar-refractivity contribution in [3.63, 3.8) is 0 Å². The number of hydrogen-bond acceptors (Lipinski definition) is 4. The normalized spacial score (nSPS) is 15.2. The molecular weight excluding hydrogens is 321 g/mol. The Kier molecular flexibility index (Phi) is 4.23. The molecule has 0 aromatic heterocycles. The molecule has 0 saturated carbocycles. The monoisotopic (exact) mass is 337 g/mol. The van der Waals surface area contributed by atoms with Crippen LogP contribution in [0.15, 0.2) is 47.4 Å². The van der Waals surface area contributed by atoms with Crippen molar-refractivity contribution >= 4 is 10.0 Å². The second-order valence-electron chi connectivity index (χ2n) is 5.18. The van der Waals surface area contributed by atoms with Crippen LogP contribution < -0.4 is 14.2 Å². The van der Waals surface area contributed by atoms with E-state index >= 15 is 0 Å². The van der Waals surface area contributed by atoms with Crippen molar-refractivity contribution in [3.05, 3.63) is 53.8 Å². The highest BCUT2D eigenvalue weighted by atomic mass is 32.2. The zero-order valence-corrected chi connectivity index (χ0v) is 13.3. The average molecular weight is 337 g/mol. The van der Waals surface area contributed by atoms with Gasteiger partial charge in [0.05, 0.1) is 0 Å². The van der Waals surface area contributed by atoms with E-state index in [1.165, 1.54) is 18.2 Å². The van der Waals surface area contributed by atoms with Gasteiger partial charge < -0.3 is 9.47 Å². The maximum absolute atomic E-state index is 13.7. The van der Waals surface area contributed by atoms with Gasteiger partial charge in [0.1, 0.15) is 23.9 Å². The summed E-state index contributed by atoms with van der Waals surface area (Å²) in [4.78, 5) is -0.371. The van der Waals surface area contributed by atoms with Gasteiger partial charge in [-0.1, -0.05) is 18.2 Å². The minimum Gasteiger partial charge on any atom is -0.486 e. The largest absolute Gasteiger partial charge is 0.486 e. The predicted molar refractivity (Wildman–Crippen MR) is 82.6 cm³/mol. The lowest BCUT2D eigenvalue weighted by Gasteiger charge is -2.21. The molecule has 1 unspecified atom stereocenters. The molecule has 1 aliphatic heterocycles. The Morgan fingerprint density at radius 1 is 1.09 bits per heavy atom. The molecule has 0 fully saturated rings. The molecular formula is C16H16FNO4S. The Morgan fingerprint density at radius 3 is 2.52 bits per heavy atom. The average Bonchev–Trinajstić information content (AvgIpc) is 2.54. The molecule has 2 aromatic carbocycles. The minimum absolute atomic E-state index is 0.371. The summed E-state index contributed by atoms with van der Waals surface area (Å²) in [6.45, 7) is 2.62.